The maximum Gasteiger partial charge on any atom is 0.0534 e. The zero-order valence-electron chi connectivity index (χ0n) is 10.2. The van der Waals surface area contributed by atoms with Crippen molar-refractivity contribution in [3.8, 4) is 0 Å². The van der Waals surface area contributed by atoms with Crippen LogP contribution in [-0.4, -0.2) is 16.3 Å². The lowest BCUT2D eigenvalue weighted by Gasteiger charge is -2.00. The second-order valence-corrected chi connectivity index (χ2v) is 4.95. The normalized spacial score (nSPS) is 10.9. The molecule has 0 aromatic carbocycles. The lowest BCUT2D eigenvalue weighted by atomic mass is 10.2. The number of aryl methyl sites for hydroxylation is 2. The van der Waals surface area contributed by atoms with E-state index in [1.54, 1.807) is 11.3 Å². The fraction of sp³-hybridized carbons (Fsp3) is 0.462. The monoisotopic (exact) mass is 249 g/mol. The molecule has 0 radical (unpaired) electrons. The molecule has 2 aromatic rings. The molecule has 17 heavy (non-hydrogen) atoms. The summed E-state index contributed by atoms with van der Waals surface area (Å²) in [5.74, 6) is 0. The highest BCUT2D eigenvalue weighted by atomic mass is 32.1. The summed E-state index contributed by atoms with van der Waals surface area (Å²) in [5.41, 5.74) is 2.67. The molecular weight excluding hydrogens is 230 g/mol. The summed E-state index contributed by atoms with van der Waals surface area (Å²) in [6.07, 6.45) is 6.32. The third-order valence-electron chi connectivity index (χ3n) is 2.65. The van der Waals surface area contributed by atoms with Crippen molar-refractivity contribution in [2.24, 2.45) is 0 Å². The number of thiophene rings is 1. The standard InChI is InChI=1S/C13H19N3S/c1-2-5-14-8-13-9-15-16(10-13)6-3-12-4-7-17-11-12/h4,7,9-11,14H,2-3,5-6,8H2,1H3. The van der Waals surface area contributed by atoms with Crippen LogP contribution in [0, 0.1) is 0 Å². The Balaban J connectivity index is 1.77. The molecule has 0 bridgehead atoms. The molecule has 0 saturated carbocycles. The predicted molar refractivity (Wildman–Crippen MR) is 72.2 cm³/mol. The molecule has 0 unspecified atom stereocenters. The first-order chi connectivity index (χ1) is 8.38. The summed E-state index contributed by atoms with van der Waals surface area (Å²) < 4.78 is 2.03. The minimum atomic E-state index is 0.923. The molecule has 0 amide bonds. The van der Waals surface area contributed by atoms with Crippen molar-refractivity contribution in [1.82, 2.24) is 15.1 Å². The van der Waals surface area contributed by atoms with E-state index in [0.717, 1.165) is 26.1 Å². The highest BCUT2D eigenvalue weighted by Gasteiger charge is 1.99. The molecule has 2 rings (SSSR count). The van der Waals surface area contributed by atoms with Gasteiger partial charge in [-0.15, -0.1) is 0 Å². The van der Waals surface area contributed by atoms with Crippen molar-refractivity contribution >= 4 is 11.3 Å². The van der Waals surface area contributed by atoms with Crippen LogP contribution in [0.3, 0.4) is 0 Å². The first kappa shape index (κ1) is 12.3. The summed E-state index contributed by atoms with van der Waals surface area (Å²) in [6, 6.07) is 2.18. The van der Waals surface area contributed by atoms with E-state index in [1.807, 2.05) is 10.9 Å². The van der Waals surface area contributed by atoms with Gasteiger partial charge in [0.05, 0.1) is 6.20 Å². The highest BCUT2D eigenvalue weighted by Crippen LogP contribution is 2.08. The van der Waals surface area contributed by atoms with Crippen LogP contribution in [0.1, 0.15) is 24.5 Å². The first-order valence-electron chi connectivity index (χ1n) is 6.11. The third-order valence-corrected chi connectivity index (χ3v) is 3.38. The minimum Gasteiger partial charge on any atom is -0.313 e. The van der Waals surface area contributed by atoms with E-state index >= 15 is 0 Å². The van der Waals surface area contributed by atoms with E-state index in [4.69, 9.17) is 0 Å². The van der Waals surface area contributed by atoms with Crippen molar-refractivity contribution in [1.29, 1.82) is 0 Å². The summed E-state index contributed by atoms with van der Waals surface area (Å²) in [6.45, 7) is 5.13. The number of hydrogen-bond acceptors (Lipinski definition) is 3. The highest BCUT2D eigenvalue weighted by molar-refractivity contribution is 7.07. The van der Waals surface area contributed by atoms with Crippen molar-refractivity contribution in [2.75, 3.05) is 6.54 Å². The fourth-order valence-electron chi connectivity index (χ4n) is 1.71. The zero-order valence-corrected chi connectivity index (χ0v) is 11.0. The van der Waals surface area contributed by atoms with Crippen LogP contribution in [0.5, 0.6) is 0 Å². The van der Waals surface area contributed by atoms with Crippen LogP contribution in [0.4, 0.5) is 0 Å². The first-order valence-corrected chi connectivity index (χ1v) is 7.06. The molecule has 92 valence electrons. The summed E-state index contributed by atoms with van der Waals surface area (Å²) in [4.78, 5) is 0. The van der Waals surface area contributed by atoms with E-state index in [2.05, 4.69) is 40.4 Å². The molecule has 0 saturated heterocycles. The lowest BCUT2D eigenvalue weighted by Crippen LogP contribution is -2.13. The van der Waals surface area contributed by atoms with Gasteiger partial charge in [-0.05, 0) is 41.8 Å². The minimum absolute atomic E-state index is 0.923. The van der Waals surface area contributed by atoms with Crippen molar-refractivity contribution in [3.63, 3.8) is 0 Å². The fourth-order valence-corrected chi connectivity index (χ4v) is 2.41. The van der Waals surface area contributed by atoms with Crippen molar-refractivity contribution in [2.45, 2.75) is 32.9 Å². The van der Waals surface area contributed by atoms with Gasteiger partial charge in [0.25, 0.3) is 0 Å². The summed E-state index contributed by atoms with van der Waals surface area (Å²) >= 11 is 1.75. The quantitative estimate of drug-likeness (QED) is 0.765. The zero-order chi connectivity index (χ0) is 11.9. The number of aromatic nitrogens is 2. The summed E-state index contributed by atoms with van der Waals surface area (Å²) in [5, 5.41) is 12.1. The maximum absolute atomic E-state index is 4.37. The van der Waals surface area contributed by atoms with E-state index in [9.17, 15) is 0 Å². The Morgan fingerprint density at radius 2 is 2.35 bits per heavy atom. The Labute approximate surface area is 106 Å². The average molecular weight is 249 g/mol. The van der Waals surface area contributed by atoms with Gasteiger partial charge in [0.1, 0.15) is 0 Å². The Hall–Kier alpha value is -1.13. The molecule has 0 aliphatic carbocycles. The largest absolute Gasteiger partial charge is 0.313 e. The Bertz CT molecular complexity index is 420. The molecule has 0 atom stereocenters. The molecule has 1 N–H and O–H groups in total. The van der Waals surface area contributed by atoms with Gasteiger partial charge in [-0.2, -0.15) is 16.4 Å². The molecule has 2 aromatic heterocycles. The molecule has 0 fully saturated rings. The van der Waals surface area contributed by atoms with E-state index < -0.39 is 0 Å². The van der Waals surface area contributed by atoms with Gasteiger partial charge in [-0.25, -0.2) is 0 Å². The van der Waals surface area contributed by atoms with Crippen LogP contribution in [0.25, 0.3) is 0 Å². The van der Waals surface area contributed by atoms with Crippen LogP contribution >= 0.6 is 11.3 Å². The van der Waals surface area contributed by atoms with Gasteiger partial charge < -0.3 is 5.32 Å². The van der Waals surface area contributed by atoms with Crippen LogP contribution in [0.2, 0.25) is 0 Å². The molecule has 2 heterocycles. The predicted octanol–water partition coefficient (Wildman–Crippen LogP) is 2.69. The molecule has 0 aliphatic heterocycles. The van der Waals surface area contributed by atoms with E-state index in [-0.39, 0.29) is 0 Å². The SMILES string of the molecule is CCCNCc1cnn(CCc2ccsc2)c1. The molecular formula is C13H19N3S. The molecule has 3 nitrogen and oxygen atoms in total. The number of rotatable bonds is 7. The van der Waals surface area contributed by atoms with Gasteiger partial charge in [0.15, 0.2) is 0 Å². The second kappa shape index (κ2) is 6.57. The van der Waals surface area contributed by atoms with Crippen molar-refractivity contribution in [3.05, 3.63) is 40.3 Å². The number of hydrogen-bond donors (Lipinski definition) is 1. The lowest BCUT2D eigenvalue weighted by molar-refractivity contribution is 0.613. The number of nitrogens with one attached hydrogen (secondary N) is 1. The maximum atomic E-state index is 4.37. The second-order valence-electron chi connectivity index (χ2n) is 4.17. The molecule has 0 spiro atoms. The van der Waals surface area contributed by atoms with Crippen LogP contribution in [0.15, 0.2) is 29.2 Å². The molecule has 0 aliphatic rings. The Kier molecular flexibility index (Phi) is 4.76. The van der Waals surface area contributed by atoms with Crippen LogP contribution in [-0.2, 0) is 19.5 Å². The van der Waals surface area contributed by atoms with Gasteiger partial charge in [0.2, 0.25) is 0 Å². The van der Waals surface area contributed by atoms with E-state index in [1.165, 1.54) is 17.5 Å². The smallest absolute Gasteiger partial charge is 0.0534 e. The Morgan fingerprint density at radius 1 is 1.41 bits per heavy atom. The van der Waals surface area contributed by atoms with E-state index in [0.29, 0.717) is 0 Å². The Morgan fingerprint density at radius 3 is 3.12 bits per heavy atom. The number of nitrogens with zero attached hydrogens (tertiary/aromatic N) is 2. The summed E-state index contributed by atoms with van der Waals surface area (Å²) in [7, 11) is 0. The van der Waals surface area contributed by atoms with Gasteiger partial charge in [-0.1, -0.05) is 6.92 Å². The topological polar surface area (TPSA) is 29.9 Å². The average Bonchev–Trinajstić information content (AvgIpc) is 2.98. The van der Waals surface area contributed by atoms with Crippen molar-refractivity contribution < 1.29 is 0 Å². The molecule has 4 heteroatoms. The van der Waals surface area contributed by atoms with Gasteiger partial charge >= 0.3 is 0 Å². The van der Waals surface area contributed by atoms with Gasteiger partial charge in [-0.3, -0.25) is 4.68 Å². The van der Waals surface area contributed by atoms with Crippen LogP contribution < -0.4 is 5.32 Å². The third kappa shape index (κ3) is 3.98. The van der Waals surface area contributed by atoms with Gasteiger partial charge in [0, 0.05) is 24.8 Å².